The molecule has 2 aromatic rings. The lowest BCUT2D eigenvalue weighted by Crippen LogP contribution is -2.12. The van der Waals surface area contributed by atoms with Crippen LogP contribution in [-0.2, 0) is 15.6 Å². The fourth-order valence-corrected chi connectivity index (χ4v) is 3.55. The minimum absolute atomic E-state index is 0.149. The van der Waals surface area contributed by atoms with Crippen LogP contribution in [0.25, 0.3) is 4.85 Å². The van der Waals surface area contributed by atoms with Crippen molar-refractivity contribution in [2.45, 2.75) is 11.1 Å². The molecule has 0 N–H and O–H groups in total. The second kappa shape index (κ2) is 6.08. The van der Waals surface area contributed by atoms with Crippen molar-refractivity contribution in [1.82, 2.24) is 0 Å². The number of halogens is 1. The molecular formula is C15H12ClNO2S. The summed E-state index contributed by atoms with van der Waals surface area (Å²) in [7, 11) is -3.59. The molecule has 1 unspecified atom stereocenters. The van der Waals surface area contributed by atoms with Crippen molar-refractivity contribution in [3.05, 3.63) is 82.2 Å². The van der Waals surface area contributed by atoms with Gasteiger partial charge in [-0.1, -0.05) is 41.9 Å². The van der Waals surface area contributed by atoms with E-state index in [1.165, 1.54) is 0 Å². The molecule has 0 saturated heterocycles. The average molecular weight is 306 g/mol. The zero-order valence-corrected chi connectivity index (χ0v) is 12.1. The zero-order chi connectivity index (χ0) is 14.6. The lowest BCUT2D eigenvalue weighted by molar-refractivity contribution is 0.589. The van der Waals surface area contributed by atoms with Crippen LogP contribution in [0.5, 0.6) is 0 Å². The first-order valence-electron chi connectivity index (χ1n) is 5.90. The maximum absolute atomic E-state index is 12.4. The Bertz CT molecular complexity index is 719. The van der Waals surface area contributed by atoms with Crippen molar-refractivity contribution in [3.8, 4) is 0 Å². The van der Waals surface area contributed by atoms with Crippen LogP contribution in [0.4, 0.5) is 0 Å². The Kier molecular flexibility index (Phi) is 4.43. The molecule has 0 amide bonds. The highest BCUT2D eigenvalue weighted by Gasteiger charge is 2.32. The number of benzene rings is 2. The van der Waals surface area contributed by atoms with Gasteiger partial charge < -0.3 is 0 Å². The summed E-state index contributed by atoms with van der Waals surface area (Å²) in [5.74, 6) is -0.149. The predicted octanol–water partition coefficient (Wildman–Crippen LogP) is 3.87. The lowest BCUT2D eigenvalue weighted by atomic mass is 10.2. The van der Waals surface area contributed by atoms with Gasteiger partial charge in [0, 0.05) is 10.6 Å². The molecular weight excluding hydrogens is 294 g/mol. The van der Waals surface area contributed by atoms with Crippen LogP contribution in [0, 0.1) is 6.57 Å². The van der Waals surface area contributed by atoms with Gasteiger partial charge in [-0.2, -0.15) is 0 Å². The van der Waals surface area contributed by atoms with Crippen LogP contribution in [0.15, 0.2) is 54.6 Å². The molecule has 0 aliphatic rings. The van der Waals surface area contributed by atoms with Crippen LogP contribution in [0.3, 0.4) is 0 Å². The molecule has 3 nitrogen and oxygen atoms in total. The third-order valence-electron chi connectivity index (χ3n) is 2.82. The Morgan fingerprint density at radius 1 is 1.05 bits per heavy atom. The van der Waals surface area contributed by atoms with E-state index < -0.39 is 15.2 Å². The number of hydrogen-bond acceptors (Lipinski definition) is 2. The van der Waals surface area contributed by atoms with Crippen molar-refractivity contribution in [3.63, 3.8) is 0 Å². The minimum atomic E-state index is -3.59. The third-order valence-corrected chi connectivity index (χ3v) is 4.87. The summed E-state index contributed by atoms with van der Waals surface area (Å²) in [6.07, 6.45) is 0. The third kappa shape index (κ3) is 3.38. The standard InChI is InChI=1S/C15H12ClNO2S/c1-17-15(13-7-9-14(16)10-8-13)20(18,19)11-12-5-3-2-4-6-12/h2-10,15H,11H2. The summed E-state index contributed by atoms with van der Waals surface area (Å²) >= 11 is 5.78. The molecule has 0 radical (unpaired) electrons. The van der Waals surface area contributed by atoms with E-state index in [0.717, 1.165) is 0 Å². The first-order chi connectivity index (χ1) is 9.53. The van der Waals surface area contributed by atoms with E-state index in [-0.39, 0.29) is 5.75 Å². The maximum Gasteiger partial charge on any atom is 0.346 e. The maximum atomic E-state index is 12.4. The SMILES string of the molecule is [C-]#[N+]C(c1ccc(Cl)cc1)S(=O)(=O)Cc1ccccc1. The summed E-state index contributed by atoms with van der Waals surface area (Å²) in [6.45, 7) is 7.19. The summed E-state index contributed by atoms with van der Waals surface area (Å²) < 4.78 is 24.7. The average Bonchev–Trinajstić information content (AvgIpc) is 2.42. The van der Waals surface area contributed by atoms with Crippen molar-refractivity contribution < 1.29 is 8.42 Å². The second-order valence-corrected chi connectivity index (χ2v) is 6.82. The normalized spacial score (nSPS) is 12.6. The molecule has 0 heterocycles. The van der Waals surface area contributed by atoms with Gasteiger partial charge in [0.25, 0.3) is 0 Å². The van der Waals surface area contributed by atoms with E-state index >= 15 is 0 Å². The fraction of sp³-hybridized carbons (Fsp3) is 0.133. The molecule has 2 rings (SSSR count). The molecule has 0 aliphatic heterocycles. The van der Waals surface area contributed by atoms with Crippen LogP contribution in [-0.4, -0.2) is 8.42 Å². The molecule has 1 atom stereocenters. The van der Waals surface area contributed by atoms with Gasteiger partial charge in [0.2, 0.25) is 9.84 Å². The summed E-state index contributed by atoms with van der Waals surface area (Å²) in [4.78, 5) is 3.27. The Hall–Kier alpha value is -1.83. The van der Waals surface area contributed by atoms with Gasteiger partial charge in [-0.3, -0.25) is 4.85 Å². The van der Waals surface area contributed by atoms with Crippen molar-refractivity contribution in [2.75, 3.05) is 0 Å². The minimum Gasteiger partial charge on any atom is -0.291 e. The molecule has 0 bridgehead atoms. The van der Waals surface area contributed by atoms with Crippen molar-refractivity contribution in [1.29, 1.82) is 0 Å². The van der Waals surface area contributed by atoms with Gasteiger partial charge in [0.05, 0.1) is 5.75 Å². The van der Waals surface area contributed by atoms with E-state index in [1.54, 1.807) is 48.5 Å². The van der Waals surface area contributed by atoms with E-state index in [9.17, 15) is 8.42 Å². The van der Waals surface area contributed by atoms with Gasteiger partial charge in [-0.25, -0.2) is 15.0 Å². The molecule has 0 spiro atoms. The monoisotopic (exact) mass is 305 g/mol. The topological polar surface area (TPSA) is 38.5 Å². The first kappa shape index (κ1) is 14.6. The summed E-state index contributed by atoms with van der Waals surface area (Å²) in [5.41, 5.74) is 1.12. The van der Waals surface area contributed by atoms with Gasteiger partial charge >= 0.3 is 5.37 Å². The fourth-order valence-electron chi connectivity index (χ4n) is 1.88. The number of nitrogens with zero attached hydrogens (tertiary/aromatic N) is 1. The van der Waals surface area contributed by atoms with Crippen LogP contribution in [0.1, 0.15) is 16.5 Å². The van der Waals surface area contributed by atoms with Crippen LogP contribution < -0.4 is 0 Å². The number of hydrogen-bond donors (Lipinski definition) is 0. The van der Waals surface area contributed by atoms with E-state index in [4.69, 9.17) is 18.2 Å². The molecule has 5 heteroatoms. The van der Waals surface area contributed by atoms with Crippen molar-refractivity contribution >= 4 is 21.4 Å². The highest BCUT2D eigenvalue weighted by atomic mass is 35.5. The highest BCUT2D eigenvalue weighted by Crippen LogP contribution is 2.28. The molecule has 0 aliphatic carbocycles. The highest BCUT2D eigenvalue weighted by molar-refractivity contribution is 7.91. The van der Waals surface area contributed by atoms with Gasteiger partial charge in [0.15, 0.2) is 0 Å². The molecule has 0 saturated carbocycles. The van der Waals surface area contributed by atoms with E-state index in [2.05, 4.69) is 4.85 Å². The molecule has 102 valence electrons. The zero-order valence-electron chi connectivity index (χ0n) is 10.5. The van der Waals surface area contributed by atoms with Crippen LogP contribution >= 0.6 is 11.6 Å². The summed E-state index contributed by atoms with van der Waals surface area (Å²) in [6, 6.07) is 15.2. The molecule has 0 fully saturated rings. The number of rotatable bonds is 4. The first-order valence-corrected chi connectivity index (χ1v) is 8.00. The van der Waals surface area contributed by atoms with Gasteiger partial charge in [-0.15, -0.1) is 0 Å². The Labute approximate surface area is 123 Å². The van der Waals surface area contributed by atoms with E-state index in [1.807, 2.05) is 6.07 Å². The molecule has 0 aromatic heterocycles. The molecule has 2 aromatic carbocycles. The Balaban J connectivity index is 2.31. The number of sulfone groups is 1. The lowest BCUT2D eigenvalue weighted by Gasteiger charge is -2.08. The Morgan fingerprint density at radius 2 is 1.65 bits per heavy atom. The van der Waals surface area contributed by atoms with Gasteiger partial charge in [0.1, 0.15) is 0 Å². The largest absolute Gasteiger partial charge is 0.346 e. The second-order valence-electron chi connectivity index (χ2n) is 4.33. The predicted molar refractivity (Wildman–Crippen MR) is 79.9 cm³/mol. The van der Waals surface area contributed by atoms with Crippen molar-refractivity contribution in [2.24, 2.45) is 0 Å². The molecule has 20 heavy (non-hydrogen) atoms. The van der Waals surface area contributed by atoms with Gasteiger partial charge in [-0.05, 0) is 29.8 Å². The smallest absolute Gasteiger partial charge is 0.291 e. The summed E-state index contributed by atoms with van der Waals surface area (Å²) in [5, 5.41) is -0.682. The Morgan fingerprint density at radius 3 is 2.20 bits per heavy atom. The quantitative estimate of drug-likeness (QED) is 0.804. The van der Waals surface area contributed by atoms with Crippen LogP contribution in [0.2, 0.25) is 5.02 Å². The van der Waals surface area contributed by atoms with E-state index in [0.29, 0.717) is 16.1 Å².